The van der Waals surface area contributed by atoms with Crippen LogP contribution < -0.4 is 20.1 Å². The molecule has 0 unspecified atom stereocenters. The lowest BCUT2D eigenvalue weighted by Gasteiger charge is -2.11. The van der Waals surface area contributed by atoms with Crippen LogP contribution in [-0.2, 0) is 12.8 Å². The van der Waals surface area contributed by atoms with Crippen LogP contribution in [0.15, 0.2) is 48.7 Å². The van der Waals surface area contributed by atoms with Crippen molar-refractivity contribution >= 4 is 16.9 Å². The number of para-hydroxylation sites is 1. The van der Waals surface area contributed by atoms with Gasteiger partial charge in [-0.2, -0.15) is 0 Å². The highest BCUT2D eigenvalue weighted by Crippen LogP contribution is 2.28. The van der Waals surface area contributed by atoms with Crippen LogP contribution in [0.2, 0.25) is 0 Å². The Labute approximate surface area is 165 Å². The Morgan fingerprint density at radius 2 is 1.82 bits per heavy atom. The van der Waals surface area contributed by atoms with Gasteiger partial charge < -0.3 is 25.1 Å². The molecule has 0 bridgehead atoms. The van der Waals surface area contributed by atoms with Gasteiger partial charge in [-0.15, -0.1) is 0 Å². The van der Waals surface area contributed by atoms with E-state index in [-0.39, 0.29) is 6.03 Å². The van der Waals surface area contributed by atoms with E-state index < -0.39 is 0 Å². The van der Waals surface area contributed by atoms with Crippen molar-refractivity contribution in [3.05, 3.63) is 59.8 Å². The number of rotatable bonds is 9. The molecule has 0 spiro atoms. The van der Waals surface area contributed by atoms with E-state index >= 15 is 0 Å². The molecule has 6 nitrogen and oxygen atoms in total. The molecule has 0 aliphatic carbocycles. The van der Waals surface area contributed by atoms with Gasteiger partial charge in [0.1, 0.15) is 0 Å². The second kappa shape index (κ2) is 9.69. The lowest BCUT2D eigenvalue weighted by molar-refractivity contribution is 0.241. The number of H-pyrrole nitrogens is 1. The Hall–Kier alpha value is -3.15. The highest BCUT2D eigenvalue weighted by Gasteiger charge is 2.07. The van der Waals surface area contributed by atoms with Crippen LogP contribution in [0.5, 0.6) is 11.5 Å². The number of nitrogens with one attached hydrogen (secondary N) is 3. The van der Waals surface area contributed by atoms with Crippen molar-refractivity contribution in [2.75, 3.05) is 26.8 Å². The zero-order chi connectivity index (χ0) is 19.8. The van der Waals surface area contributed by atoms with Crippen molar-refractivity contribution in [2.45, 2.75) is 19.8 Å². The molecule has 0 aliphatic rings. The molecule has 2 amide bonds. The van der Waals surface area contributed by atoms with Gasteiger partial charge >= 0.3 is 6.03 Å². The van der Waals surface area contributed by atoms with Gasteiger partial charge in [0.25, 0.3) is 0 Å². The van der Waals surface area contributed by atoms with Crippen LogP contribution in [0.25, 0.3) is 10.9 Å². The van der Waals surface area contributed by atoms with Gasteiger partial charge in [0.2, 0.25) is 0 Å². The molecule has 0 radical (unpaired) electrons. The van der Waals surface area contributed by atoms with Crippen LogP contribution in [0.3, 0.4) is 0 Å². The number of carbonyl (C=O) groups is 1. The summed E-state index contributed by atoms with van der Waals surface area (Å²) >= 11 is 0. The van der Waals surface area contributed by atoms with Gasteiger partial charge in [-0.05, 0) is 49.1 Å². The summed E-state index contributed by atoms with van der Waals surface area (Å²) in [4.78, 5) is 15.3. The van der Waals surface area contributed by atoms with E-state index in [1.165, 1.54) is 10.9 Å². The van der Waals surface area contributed by atoms with Gasteiger partial charge in [-0.25, -0.2) is 4.79 Å². The van der Waals surface area contributed by atoms with Crippen LogP contribution in [-0.4, -0.2) is 37.8 Å². The number of aromatic amines is 1. The Bertz CT molecular complexity index is 920. The molecular weight excluding hydrogens is 354 g/mol. The predicted molar refractivity (Wildman–Crippen MR) is 111 cm³/mol. The number of ether oxygens (including phenoxy) is 2. The first-order chi connectivity index (χ1) is 13.7. The normalized spacial score (nSPS) is 10.6. The third-order valence-corrected chi connectivity index (χ3v) is 4.58. The molecule has 0 fully saturated rings. The number of aromatic nitrogens is 1. The minimum atomic E-state index is -0.155. The second-order valence-corrected chi connectivity index (χ2v) is 6.46. The highest BCUT2D eigenvalue weighted by atomic mass is 16.5. The number of methoxy groups -OCH3 is 1. The van der Waals surface area contributed by atoms with Gasteiger partial charge in [0, 0.05) is 30.2 Å². The average molecular weight is 381 g/mol. The Balaban J connectivity index is 1.41. The summed E-state index contributed by atoms with van der Waals surface area (Å²) < 4.78 is 10.9. The lowest BCUT2D eigenvalue weighted by atomic mass is 10.1. The molecular formula is C22H27N3O3. The van der Waals surface area contributed by atoms with Crippen LogP contribution in [0.1, 0.15) is 18.1 Å². The quantitative estimate of drug-likeness (QED) is 0.529. The number of amides is 2. The van der Waals surface area contributed by atoms with E-state index in [0.29, 0.717) is 25.4 Å². The summed E-state index contributed by atoms with van der Waals surface area (Å²) in [6.07, 6.45) is 3.51. The average Bonchev–Trinajstić information content (AvgIpc) is 3.12. The third kappa shape index (κ3) is 4.97. The molecule has 28 heavy (non-hydrogen) atoms. The minimum Gasteiger partial charge on any atom is -0.493 e. The molecule has 3 rings (SSSR count). The zero-order valence-electron chi connectivity index (χ0n) is 16.4. The van der Waals surface area contributed by atoms with Crippen molar-refractivity contribution in [1.29, 1.82) is 0 Å². The smallest absolute Gasteiger partial charge is 0.314 e. The van der Waals surface area contributed by atoms with Crippen molar-refractivity contribution < 1.29 is 14.3 Å². The fraction of sp³-hybridized carbons (Fsp3) is 0.318. The van der Waals surface area contributed by atoms with E-state index in [1.807, 2.05) is 43.5 Å². The van der Waals surface area contributed by atoms with Gasteiger partial charge in [0.15, 0.2) is 11.5 Å². The minimum absolute atomic E-state index is 0.155. The third-order valence-electron chi connectivity index (χ3n) is 4.58. The molecule has 0 aliphatic heterocycles. The standard InChI is InChI=1S/C22H27N3O3/c1-3-28-20-9-8-16(14-21(20)27-2)10-12-23-22(26)24-13-11-17-15-25-19-7-5-4-6-18(17)19/h4-9,14-15,25H,3,10-13H2,1-2H3,(H2,23,24,26). The predicted octanol–water partition coefficient (Wildman–Crippen LogP) is 3.66. The first kappa shape index (κ1) is 19.6. The number of benzene rings is 2. The number of carbonyl (C=O) groups excluding carboxylic acids is 1. The monoisotopic (exact) mass is 381 g/mol. The Kier molecular flexibility index (Phi) is 6.78. The topological polar surface area (TPSA) is 75.4 Å². The zero-order valence-corrected chi connectivity index (χ0v) is 16.4. The fourth-order valence-corrected chi connectivity index (χ4v) is 3.17. The van der Waals surface area contributed by atoms with E-state index in [0.717, 1.165) is 29.7 Å². The lowest BCUT2D eigenvalue weighted by Crippen LogP contribution is -2.37. The number of hydrogen-bond acceptors (Lipinski definition) is 3. The van der Waals surface area contributed by atoms with E-state index in [2.05, 4.69) is 27.8 Å². The maximum Gasteiger partial charge on any atom is 0.314 e. The second-order valence-electron chi connectivity index (χ2n) is 6.46. The number of hydrogen-bond donors (Lipinski definition) is 3. The molecule has 0 saturated carbocycles. The fourth-order valence-electron chi connectivity index (χ4n) is 3.17. The first-order valence-corrected chi connectivity index (χ1v) is 9.57. The van der Waals surface area contributed by atoms with Crippen LogP contribution in [0.4, 0.5) is 4.79 Å². The highest BCUT2D eigenvalue weighted by molar-refractivity contribution is 5.83. The Morgan fingerprint density at radius 3 is 2.61 bits per heavy atom. The van der Waals surface area contributed by atoms with Crippen molar-refractivity contribution in [1.82, 2.24) is 15.6 Å². The van der Waals surface area contributed by atoms with Crippen LogP contribution >= 0.6 is 0 Å². The summed E-state index contributed by atoms with van der Waals surface area (Å²) in [5, 5.41) is 7.01. The van der Waals surface area contributed by atoms with Crippen molar-refractivity contribution in [3.63, 3.8) is 0 Å². The maximum absolute atomic E-state index is 12.0. The van der Waals surface area contributed by atoms with E-state index in [1.54, 1.807) is 7.11 Å². The molecule has 3 aromatic rings. The molecule has 0 atom stereocenters. The molecule has 2 aromatic carbocycles. The summed E-state index contributed by atoms with van der Waals surface area (Å²) in [6.45, 7) is 3.67. The number of urea groups is 1. The molecule has 148 valence electrons. The van der Waals surface area contributed by atoms with Crippen molar-refractivity contribution in [3.8, 4) is 11.5 Å². The van der Waals surface area contributed by atoms with Gasteiger partial charge in [0.05, 0.1) is 13.7 Å². The molecule has 3 N–H and O–H groups in total. The molecule has 1 aromatic heterocycles. The summed E-state index contributed by atoms with van der Waals surface area (Å²) in [6, 6.07) is 13.9. The molecule has 0 saturated heterocycles. The summed E-state index contributed by atoms with van der Waals surface area (Å²) in [7, 11) is 1.63. The number of fused-ring (bicyclic) bond motifs is 1. The van der Waals surface area contributed by atoms with Crippen molar-refractivity contribution in [2.24, 2.45) is 0 Å². The summed E-state index contributed by atoms with van der Waals surface area (Å²) in [5.41, 5.74) is 3.41. The Morgan fingerprint density at radius 1 is 1.04 bits per heavy atom. The SMILES string of the molecule is CCOc1ccc(CCNC(=O)NCCc2c[nH]c3ccccc23)cc1OC. The van der Waals surface area contributed by atoms with E-state index in [9.17, 15) is 4.79 Å². The van der Waals surface area contributed by atoms with Crippen LogP contribution in [0, 0.1) is 0 Å². The van der Waals surface area contributed by atoms with Gasteiger partial charge in [-0.3, -0.25) is 0 Å². The first-order valence-electron chi connectivity index (χ1n) is 9.57. The largest absolute Gasteiger partial charge is 0.493 e. The summed E-state index contributed by atoms with van der Waals surface area (Å²) in [5.74, 6) is 1.44. The van der Waals surface area contributed by atoms with Gasteiger partial charge in [-0.1, -0.05) is 24.3 Å². The van der Waals surface area contributed by atoms with E-state index in [4.69, 9.17) is 9.47 Å². The molecule has 1 heterocycles. The molecule has 6 heteroatoms. The maximum atomic E-state index is 12.0.